The van der Waals surface area contributed by atoms with E-state index in [1.807, 2.05) is 29.2 Å². The number of nitrogens with two attached hydrogens (primary N) is 1. The summed E-state index contributed by atoms with van der Waals surface area (Å²) in [6.07, 6.45) is 3.29. The first-order valence-corrected chi connectivity index (χ1v) is 7.87. The van der Waals surface area contributed by atoms with Crippen LogP contribution in [0.1, 0.15) is 25.7 Å². The second-order valence-corrected chi connectivity index (χ2v) is 5.98. The molecule has 0 saturated carbocycles. The Morgan fingerprint density at radius 2 is 2.25 bits per heavy atom. The number of nitrogens with zero attached hydrogens (tertiary/aromatic N) is 1. The molecule has 1 aromatic rings. The summed E-state index contributed by atoms with van der Waals surface area (Å²) in [5.74, 6) is 1.01. The van der Waals surface area contributed by atoms with Crippen LogP contribution in [-0.4, -0.2) is 36.5 Å². The van der Waals surface area contributed by atoms with Crippen molar-refractivity contribution in [3.8, 4) is 5.75 Å². The van der Waals surface area contributed by atoms with Gasteiger partial charge in [-0.25, -0.2) is 0 Å². The quantitative estimate of drug-likeness (QED) is 0.838. The Kier molecular flexibility index (Phi) is 5.86. The van der Waals surface area contributed by atoms with E-state index in [1.165, 1.54) is 0 Å². The molecule has 0 bridgehead atoms. The summed E-state index contributed by atoms with van der Waals surface area (Å²) in [5.41, 5.74) is 5.89. The summed E-state index contributed by atoms with van der Waals surface area (Å²) in [7, 11) is 0. The first-order chi connectivity index (χ1) is 9.66. The van der Waals surface area contributed by atoms with E-state index < -0.39 is 0 Å². The molecule has 1 aliphatic heterocycles. The molecule has 5 heteroatoms. The largest absolute Gasteiger partial charge is 0.492 e. The predicted molar refractivity (Wildman–Crippen MR) is 82.7 cm³/mol. The number of carbonyl (C=O) groups is 1. The lowest BCUT2D eigenvalue weighted by Crippen LogP contribution is -2.45. The number of hydrogen-bond donors (Lipinski definition) is 1. The van der Waals surface area contributed by atoms with Crippen molar-refractivity contribution >= 4 is 21.8 Å². The van der Waals surface area contributed by atoms with E-state index >= 15 is 0 Å². The molecule has 0 aromatic heterocycles. The number of benzene rings is 1. The lowest BCUT2D eigenvalue weighted by molar-refractivity contribution is -0.132. The van der Waals surface area contributed by atoms with Gasteiger partial charge < -0.3 is 15.4 Å². The molecule has 20 heavy (non-hydrogen) atoms. The molecule has 0 radical (unpaired) electrons. The van der Waals surface area contributed by atoms with Crippen LogP contribution in [-0.2, 0) is 4.79 Å². The highest BCUT2D eigenvalue weighted by Gasteiger charge is 2.20. The van der Waals surface area contributed by atoms with Crippen molar-refractivity contribution in [3.05, 3.63) is 28.7 Å². The fourth-order valence-electron chi connectivity index (χ4n) is 2.36. The maximum atomic E-state index is 12.0. The minimum Gasteiger partial charge on any atom is -0.492 e. The SMILES string of the molecule is NC1CCCN(C(=O)CCCOc2ccccc2Br)C1. The van der Waals surface area contributed by atoms with Gasteiger partial charge in [0, 0.05) is 25.6 Å². The summed E-state index contributed by atoms with van der Waals surface area (Å²) in [6.45, 7) is 2.09. The number of hydrogen-bond acceptors (Lipinski definition) is 3. The van der Waals surface area contributed by atoms with Gasteiger partial charge in [-0.1, -0.05) is 12.1 Å². The lowest BCUT2D eigenvalue weighted by atomic mass is 10.1. The first-order valence-electron chi connectivity index (χ1n) is 7.07. The fraction of sp³-hybridized carbons (Fsp3) is 0.533. The zero-order chi connectivity index (χ0) is 14.4. The predicted octanol–water partition coefficient (Wildman–Crippen LogP) is 2.56. The Hall–Kier alpha value is -1.07. The van der Waals surface area contributed by atoms with Gasteiger partial charge in [-0.15, -0.1) is 0 Å². The molecule has 2 N–H and O–H groups in total. The second-order valence-electron chi connectivity index (χ2n) is 5.12. The van der Waals surface area contributed by atoms with Crippen LogP contribution in [0, 0.1) is 0 Å². The number of para-hydroxylation sites is 1. The number of carbonyl (C=O) groups excluding carboxylic acids is 1. The molecular formula is C15H21BrN2O2. The molecule has 1 aromatic carbocycles. The van der Waals surface area contributed by atoms with E-state index in [0.29, 0.717) is 19.6 Å². The van der Waals surface area contributed by atoms with Crippen LogP contribution in [0.3, 0.4) is 0 Å². The highest BCUT2D eigenvalue weighted by atomic mass is 79.9. The standard InChI is InChI=1S/C15H21BrN2O2/c16-13-6-1-2-7-14(13)20-10-4-8-15(19)18-9-3-5-12(17)11-18/h1-2,6-7,12H,3-5,8-11,17H2. The number of ether oxygens (including phenoxy) is 1. The molecule has 1 unspecified atom stereocenters. The average Bonchev–Trinajstić information content (AvgIpc) is 2.45. The lowest BCUT2D eigenvalue weighted by Gasteiger charge is -2.30. The highest BCUT2D eigenvalue weighted by molar-refractivity contribution is 9.10. The van der Waals surface area contributed by atoms with Gasteiger partial charge in [0.15, 0.2) is 0 Å². The van der Waals surface area contributed by atoms with Gasteiger partial charge in [-0.3, -0.25) is 4.79 Å². The third kappa shape index (κ3) is 4.49. The number of amides is 1. The third-order valence-electron chi connectivity index (χ3n) is 3.44. The molecule has 1 saturated heterocycles. The Morgan fingerprint density at radius 3 is 3.00 bits per heavy atom. The Bertz CT molecular complexity index is 453. The van der Waals surface area contributed by atoms with Crippen molar-refractivity contribution in [2.45, 2.75) is 31.7 Å². The summed E-state index contributed by atoms with van der Waals surface area (Å²) >= 11 is 3.43. The van der Waals surface area contributed by atoms with E-state index in [2.05, 4.69) is 15.9 Å². The Balaban J connectivity index is 1.68. The normalized spacial score (nSPS) is 18.9. The number of likely N-dealkylation sites (tertiary alicyclic amines) is 1. The van der Waals surface area contributed by atoms with Crippen LogP contribution in [0.4, 0.5) is 0 Å². The molecule has 4 nitrogen and oxygen atoms in total. The summed E-state index contributed by atoms with van der Waals surface area (Å²) in [4.78, 5) is 13.9. The molecule has 2 rings (SSSR count). The van der Waals surface area contributed by atoms with Gasteiger partial charge in [0.25, 0.3) is 0 Å². The van der Waals surface area contributed by atoms with Crippen molar-refractivity contribution in [2.24, 2.45) is 5.73 Å². The van der Waals surface area contributed by atoms with Crippen molar-refractivity contribution in [1.82, 2.24) is 4.90 Å². The van der Waals surface area contributed by atoms with Crippen LogP contribution < -0.4 is 10.5 Å². The van der Waals surface area contributed by atoms with Gasteiger partial charge in [0.1, 0.15) is 5.75 Å². The van der Waals surface area contributed by atoms with Crippen molar-refractivity contribution in [3.63, 3.8) is 0 Å². The van der Waals surface area contributed by atoms with Gasteiger partial charge in [0.2, 0.25) is 5.91 Å². The van der Waals surface area contributed by atoms with E-state index in [4.69, 9.17) is 10.5 Å². The molecule has 1 fully saturated rings. The maximum Gasteiger partial charge on any atom is 0.222 e. The van der Waals surface area contributed by atoms with Crippen LogP contribution in [0.15, 0.2) is 28.7 Å². The van der Waals surface area contributed by atoms with Gasteiger partial charge in [0.05, 0.1) is 11.1 Å². The topological polar surface area (TPSA) is 55.6 Å². The molecule has 0 aliphatic carbocycles. The van der Waals surface area contributed by atoms with Gasteiger partial charge in [-0.05, 0) is 47.3 Å². The second kappa shape index (κ2) is 7.64. The molecular weight excluding hydrogens is 320 g/mol. The molecule has 1 heterocycles. The minimum atomic E-state index is 0.143. The minimum absolute atomic E-state index is 0.143. The first kappa shape index (κ1) is 15.3. The Morgan fingerprint density at radius 1 is 1.45 bits per heavy atom. The van der Waals surface area contributed by atoms with E-state index in [0.717, 1.165) is 36.0 Å². The number of halogens is 1. The van der Waals surface area contributed by atoms with Crippen LogP contribution >= 0.6 is 15.9 Å². The smallest absolute Gasteiger partial charge is 0.222 e. The highest BCUT2D eigenvalue weighted by Crippen LogP contribution is 2.23. The van der Waals surface area contributed by atoms with Gasteiger partial charge >= 0.3 is 0 Å². The molecule has 1 aliphatic rings. The number of rotatable bonds is 5. The summed E-state index contributed by atoms with van der Waals surface area (Å²) in [6, 6.07) is 7.87. The zero-order valence-electron chi connectivity index (χ0n) is 11.6. The van der Waals surface area contributed by atoms with E-state index in [-0.39, 0.29) is 11.9 Å². The van der Waals surface area contributed by atoms with Crippen LogP contribution in [0.25, 0.3) is 0 Å². The summed E-state index contributed by atoms with van der Waals surface area (Å²) in [5, 5.41) is 0. The molecule has 0 spiro atoms. The van der Waals surface area contributed by atoms with Crippen molar-refractivity contribution < 1.29 is 9.53 Å². The van der Waals surface area contributed by atoms with E-state index in [1.54, 1.807) is 0 Å². The van der Waals surface area contributed by atoms with Gasteiger partial charge in [-0.2, -0.15) is 0 Å². The molecule has 110 valence electrons. The van der Waals surface area contributed by atoms with Crippen molar-refractivity contribution in [1.29, 1.82) is 0 Å². The monoisotopic (exact) mass is 340 g/mol. The van der Waals surface area contributed by atoms with E-state index in [9.17, 15) is 4.79 Å². The molecule has 1 atom stereocenters. The zero-order valence-corrected chi connectivity index (χ0v) is 13.1. The maximum absolute atomic E-state index is 12.0. The van der Waals surface area contributed by atoms with Crippen molar-refractivity contribution in [2.75, 3.05) is 19.7 Å². The average molecular weight is 341 g/mol. The Labute approximate surface area is 128 Å². The fourth-order valence-corrected chi connectivity index (χ4v) is 2.76. The van der Waals surface area contributed by atoms with Crippen LogP contribution in [0.5, 0.6) is 5.75 Å². The summed E-state index contributed by atoms with van der Waals surface area (Å²) < 4.78 is 6.59. The van der Waals surface area contributed by atoms with Crippen LogP contribution in [0.2, 0.25) is 0 Å². The third-order valence-corrected chi connectivity index (χ3v) is 4.09. The molecule has 1 amide bonds. The number of piperidine rings is 1.